The monoisotopic (exact) mass is 500 g/mol. The van der Waals surface area contributed by atoms with E-state index in [0.717, 1.165) is 44.9 Å². The molecule has 0 spiro atoms. The van der Waals surface area contributed by atoms with Gasteiger partial charge >= 0.3 is 0 Å². The summed E-state index contributed by atoms with van der Waals surface area (Å²) >= 11 is 6.36. The largest absolute Gasteiger partial charge is 0.495 e. The Balaban J connectivity index is 1.61. The fraction of sp³-hybridized carbons (Fsp3) is 0.179. The first-order chi connectivity index (χ1) is 17.3. The minimum atomic E-state index is 0.381. The molecule has 0 fully saturated rings. The molecule has 36 heavy (non-hydrogen) atoms. The van der Waals surface area contributed by atoms with Crippen LogP contribution in [0.4, 0.5) is 23.3 Å². The number of ether oxygens (including phenoxy) is 1. The molecule has 0 saturated carbocycles. The van der Waals surface area contributed by atoms with Crippen LogP contribution in [-0.2, 0) is 0 Å². The second-order valence-corrected chi connectivity index (χ2v) is 8.89. The fourth-order valence-electron chi connectivity index (χ4n) is 3.92. The van der Waals surface area contributed by atoms with Gasteiger partial charge in [0.2, 0.25) is 5.95 Å². The van der Waals surface area contributed by atoms with Crippen LogP contribution in [0.15, 0.2) is 61.3 Å². The molecule has 0 amide bonds. The third kappa shape index (κ3) is 5.58. The first kappa shape index (κ1) is 25.0. The summed E-state index contributed by atoms with van der Waals surface area (Å²) in [5.41, 5.74) is 7.89. The molecule has 4 aromatic rings. The lowest BCUT2D eigenvalue weighted by Crippen LogP contribution is -2.04. The fourth-order valence-corrected chi connectivity index (χ4v) is 4.06. The maximum absolute atomic E-state index is 6.36. The number of methoxy groups -OCH3 is 1. The van der Waals surface area contributed by atoms with Crippen molar-refractivity contribution in [3.8, 4) is 16.9 Å². The van der Waals surface area contributed by atoms with Crippen molar-refractivity contribution < 1.29 is 4.74 Å². The van der Waals surface area contributed by atoms with Gasteiger partial charge < -0.3 is 20.7 Å². The van der Waals surface area contributed by atoms with Crippen molar-refractivity contribution in [3.63, 3.8) is 0 Å². The number of nitrogens with one attached hydrogen (secondary N) is 3. The standard InChI is InChI=1S/C28H29ClN6O/c1-16-11-18(3)32-26(12-16)34-27-23(29)15-31-28(35-27)33-24-13-17(2)22(14-25(24)36-6)21-9-7-20(8-10-21)19(4)30-5/h7-15,30H,4H2,1-3,5-6H3,(H2,31,32,33,34,35). The van der Waals surface area contributed by atoms with E-state index in [1.807, 2.05) is 57.3 Å². The van der Waals surface area contributed by atoms with E-state index in [1.54, 1.807) is 13.3 Å². The first-order valence-electron chi connectivity index (χ1n) is 11.5. The summed E-state index contributed by atoms with van der Waals surface area (Å²) in [7, 11) is 3.50. The summed E-state index contributed by atoms with van der Waals surface area (Å²) in [6, 6.07) is 16.2. The van der Waals surface area contributed by atoms with Gasteiger partial charge in [-0.05, 0) is 72.9 Å². The Morgan fingerprint density at radius 2 is 1.72 bits per heavy atom. The normalized spacial score (nSPS) is 10.6. The molecule has 7 nitrogen and oxygen atoms in total. The van der Waals surface area contributed by atoms with Gasteiger partial charge in [0.1, 0.15) is 16.6 Å². The summed E-state index contributed by atoms with van der Waals surface area (Å²) < 4.78 is 5.70. The van der Waals surface area contributed by atoms with E-state index in [0.29, 0.717) is 28.4 Å². The van der Waals surface area contributed by atoms with Crippen LogP contribution in [0, 0.1) is 20.8 Å². The summed E-state index contributed by atoms with van der Waals surface area (Å²) in [4.78, 5) is 13.4. The predicted octanol–water partition coefficient (Wildman–Crippen LogP) is 6.80. The van der Waals surface area contributed by atoms with Crippen molar-refractivity contribution in [2.45, 2.75) is 20.8 Å². The lowest BCUT2D eigenvalue weighted by Gasteiger charge is -2.16. The highest BCUT2D eigenvalue weighted by Crippen LogP contribution is 2.36. The minimum Gasteiger partial charge on any atom is -0.495 e. The number of pyridine rings is 1. The second kappa shape index (κ2) is 10.7. The summed E-state index contributed by atoms with van der Waals surface area (Å²) in [6.07, 6.45) is 1.55. The molecule has 2 aromatic heterocycles. The molecule has 0 aliphatic heterocycles. The van der Waals surface area contributed by atoms with Gasteiger partial charge in [0, 0.05) is 18.4 Å². The molecule has 0 atom stereocenters. The van der Waals surface area contributed by atoms with Crippen LogP contribution in [0.25, 0.3) is 16.8 Å². The zero-order valence-electron chi connectivity index (χ0n) is 21.0. The molecule has 184 valence electrons. The molecule has 0 aliphatic rings. The van der Waals surface area contributed by atoms with Gasteiger partial charge in [0.05, 0.1) is 19.0 Å². The number of anilines is 4. The number of hydrogen-bond acceptors (Lipinski definition) is 7. The van der Waals surface area contributed by atoms with Crippen LogP contribution in [0.1, 0.15) is 22.4 Å². The lowest BCUT2D eigenvalue weighted by molar-refractivity contribution is 0.417. The molecular weight excluding hydrogens is 472 g/mol. The topological polar surface area (TPSA) is 84.0 Å². The van der Waals surface area contributed by atoms with Crippen molar-refractivity contribution in [1.82, 2.24) is 20.3 Å². The number of aromatic nitrogens is 3. The van der Waals surface area contributed by atoms with Gasteiger partial charge in [-0.3, -0.25) is 0 Å². The highest BCUT2D eigenvalue weighted by molar-refractivity contribution is 6.32. The Kier molecular flexibility index (Phi) is 7.41. The quantitative estimate of drug-likeness (QED) is 0.245. The first-order valence-corrected chi connectivity index (χ1v) is 11.8. The van der Waals surface area contributed by atoms with Crippen molar-refractivity contribution >= 4 is 40.6 Å². The van der Waals surface area contributed by atoms with Crippen LogP contribution in [-0.4, -0.2) is 29.1 Å². The summed E-state index contributed by atoms with van der Waals surface area (Å²) in [6.45, 7) is 10.0. The highest BCUT2D eigenvalue weighted by Gasteiger charge is 2.13. The molecule has 0 bridgehead atoms. The maximum atomic E-state index is 6.36. The number of halogens is 1. The molecule has 4 rings (SSSR count). The third-order valence-corrected chi connectivity index (χ3v) is 6.00. The molecule has 0 unspecified atom stereocenters. The van der Waals surface area contributed by atoms with Crippen LogP contribution in [0.3, 0.4) is 0 Å². The number of hydrogen-bond donors (Lipinski definition) is 3. The Bertz CT molecular complexity index is 1400. The Morgan fingerprint density at radius 3 is 2.39 bits per heavy atom. The number of nitrogens with zero attached hydrogens (tertiary/aromatic N) is 3. The van der Waals surface area contributed by atoms with Gasteiger partial charge in [-0.15, -0.1) is 0 Å². The SMILES string of the molecule is C=C(NC)c1ccc(-c2cc(OC)c(Nc3ncc(Cl)c(Nc4cc(C)cc(C)n4)n3)cc2C)cc1. The van der Waals surface area contributed by atoms with Gasteiger partial charge in [-0.1, -0.05) is 42.4 Å². The number of rotatable bonds is 8. The molecule has 3 N–H and O–H groups in total. The van der Waals surface area contributed by atoms with E-state index in [4.69, 9.17) is 16.3 Å². The molecule has 8 heteroatoms. The van der Waals surface area contributed by atoms with E-state index in [1.165, 1.54) is 0 Å². The van der Waals surface area contributed by atoms with Crippen molar-refractivity contribution in [3.05, 3.63) is 88.7 Å². The predicted molar refractivity (Wildman–Crippen MR) is 149 cm³/mol. The van der Waals surface area contributed by atoms with E-state index in [9.17, 15) is 0 Å². The van der Waals surface area contributed by atoms with Crippen molar-refractivity contribution in [2.75, 3.05) is 24.8 Å². The van der Waals surface area contributed by atoms with Gasteiger partial charge in [-0.2, -0.15) is 4.98 Å². The highest BCUT2D eigenvalue weighted by atomic mass is 35.5. The molecule has 0 radical (unpaired) electrons. The Morgan fingerprint density at radius 1 is 0.972 bits per heavy atom. The zero-order chi connectivity index (χ0) is 25.8. The maximum Gasteiger partial charge on any atom is 0.229 e. The van der Waals surface area contributed by atoms with Gasteiger partial charge in [-0.25, -0.2) is 9.97 Å². The zero-order valence-corrected chi connectivity index (χ0v) is 21.8. The second-order valence-electron chi connectivity index (χ2n) is 8.48. The summed E-state index contributed by atoms with van der Waals surface area (Å²) in [5.74, 6) is 2.18. The lowest BCUT2D eigenvalue weighted by atomic mass is 9.98. The molecule has 2 aromatic carbocycles. The average molecular weight is 501 g/mol. The van der Waals surface area contributed by atoms with Crippen LogP contribution < -0.4 is 20.7 Å². The van der Waals surface area contributed by atoms with E-state index in [-0.39, 0.29) is 0 Å². The van der Waals surface area contributed by atoms with E-state index < -0.39 is 0 Å². The molecule has 0 aliphatic carbocycles. The smallest absolute Gasteiger partial charge is 0.229 e. The minimum absolute atomic E-state index is 0.381. The van der Waals surface area contributed by atoms with Crippen molar-refractivity contribution in [2.24, 2.45) is 0 Å². The van der Waals surface area contributed by atoms with Gasteiger partial charge in [0.25, 0.3) is 0 Å². The van der Waals surface area contributed by atoms with Crippen molar-refractivity contribution in [1.29, 1.82) is 0 Å². The third-order valence-electron chi connectivity index (χ3n) is 5.73. The average Bonchev–Trinajstić information content (AvgIpc) is 2.85. The summed E-state index contributed by atoms with van der Waals surface area (Å²) in [5, 5.41) is 9.92. The Labute approximate surface area is 216 Å². The number of benzene rings is 2. The number of aryl methyl sites for hydroxylation is 3. The molecule has 0 saturated heterocycles. The van der Waals surface area contributed by atoms with Gasteiger partial charge in [0.15, 0.2) is 5.82 Å². The van der Waals surface area contributed by atoms with Crippen LogP contribution in [0.2, 0.25) is 5.02 Å². The van der Waals surface area contributed by atoms with E-state index in [2.05, 4.69) is 56.5 Å². The molecular formula is C28H29ClN6O. The van der Waals surface area contributed by atoms with Crippen LogP contribution in [0.5, 0.6) is 5.75 Å². The molecule has 2 heterocycles. The van der Waals surface area contributed by atoms with Crippen LogP contribution >= 0.6 is 11.6 Å². The van der Waals surface area contributed by atoms with E-state index >= 15 is 0 Å². The Hall–Kier alpha value is -4.10.